The van der Waals surface area contributed by atoms with Gasteiger partial charge in [0.15, 0.2) is 0 Å². The standard InChI is InChI=1S/C12H18O/c1-8-6-9(2)11(4)12(7-13-5)10(8)3/h6H,7H2,1-5H3. The van der Waals surface area contributed by atoms with Gasteiger partial charge >= 0.3 is 0 Å². The second-order valence-corrected chi connectivity index (χ2v) is 3.67. The van der Waals surface area contributed by atoms with E-state index < -0.39 is 0 Å². The molecule has 0 saturated carbocycles. The maximum absolute atomic E-state index is 5.20. The van der Waals surface area contributed by atoms with Gasteiger partial charge in [-0.05, 0) is 55.5 Å². The molecule has 0 bridgehead atoms. The molecule has 0 aliphatic rings. The number of ether oxygens (including phenoxy) is 1. The Kier molecular flexibility index (Phi) is 3.10. The summed E-state index contributed by atoms with van der Waals surface area (Å²) in [6, 6.07) is 2.24. The summed E-state index contributed by atoms with van der Waals surface area (Å²) in [5.74, 6) is 0. The van der Waals surface area contributed by atoms with E-state index in [1.807, 2.05) is 0 Å². The van der Waals surface area contributed by atoms with Gasteiger partial charge in [-0.3, -0.25) is 0 Å². The minimum absolute atomic E-state index is 0.722. The van der Waals surface area contributed by atoms with Gasteiger partial charge in [0.1, 0.15) is 0 Å². The van der Waals surface area contributed by atoms with Gasteiger partial charge < -0.3 is 4.74 Å². The third kappa shape index (κ3) is 1.92. The zero-order chi connectivity index (χ0) is 10.0. The third-order valence-corrected chi connectivity index (χ3v) is 2.81. The summed E-state index contributed by atoms with van der Waals surface area (Å²) < 4.78 is 5.20. The van der Waals surface area contributed by atoms with Crippen LogP contribution in [-0.4, -0.2) is 7.11 Å². The van der Waals surface area contributed by atoms with Crippen molar-refractivity contribution in [3.63, 3.8) is 0 Å². The molecule has 0 heterocycles. The molecule has 0 aliphatic carbocycles. The van der Waals surface area contributed by atoms with Crippen molar-refractivity contribution in [2.45, 2.75) is 34.3 Å². The largest absolute Gasteiger partial charge is 0.380 e. The molecule has 0 radical (unpaired) electrons. The summed E-state index contributed by atoms with van der Waals surface area (Å²) in [5.41, 5.74) is 6.79. The number of methoxy groups -OCH3 is 1. The first-order valence-electron chi connectivity index (χ1n) is 4.63. The second kappa shape index (κ2) is 3.93. The summed E-state index contributed by atoms with van der Waals surface area (Å²) in [5, 5.41) is 0. The van der Waals surface area contributed by atoms with Crippen molar-refractivity contribution in [2.24, 2.45) is 0 Å². The first-order valence-corrected chi connectivity index (χ1v) is 4.63. The quantitative estimate of drug-likeness (QED) is 0.676. The topological polar surface area (TPSA) is 9.23 Å². The second-order valence-electron chi connectivity index (χ2n) is 3.67. The van der Waals surface area contributed by atoms with Crippen LogP contribution in [0.3, 0.4) is 0 Å². The first-order chi connectivity index (χ1) is 6.07. The van der Waals surface area contributed by atoms with Crippen LogP contribution in [0.1, 0.15) is 27.8 Å². The van der Waals surface area contributed by atoms with Crippen LogP contribution >= 0.6 is 0 Å². The van der Waals surface area contributed by atoms with Crippen LogP contribution in [-0.2, 0) is 11.3 Å². The number of hydrogen-bond donors (Lipinski definition) is 0. The molecular formula is C12H18O. The molecule has 0 atom stereocenters. The van der Waals surface area contributed by atoms with E-state index in [-0.39, 0.29) is 0 Å². The van der Waals surface area contributed by atoms with Crippen LogP contribution in [0.15, 0.2) is 6.07 Å². The summed E-state index contributed by atoms with van der Waals surface area (Å²) >= 11 is 0. The average Bonchev–Trinajstić information content (AvgIpc) is 2.09. The molecule has 0 saturated heterocycles. The van der Waals surface area contributed by atoms with Crippen LogP contribution in [0.2, 0.25) is 0 Å². The van der Waals surface area contributed by atoms with E-state index in [0.717, 1.165) is 6.61 Å². The summed E-state index contributed by atoms with van der Waals surface area (Å²) in [6.45, 7) is 9.36. The number of aryl methyl sites for hydroxylation is 2. The van der Waals surface area contributed by atoms with E-state index in [0.29, 0.717) is 0 Å². The fourth-order valence-corrected chi connectivity index (χ4v) is 1.66. The van der Waals surface area contributed by atoms with E-state index >= 15 is 0 Å². The molecule has 0 unspecified atom stereocenters. The maximum atomic E-state index is 5.20. The highest BCUT2D eigenvalue weighted by atomic mass is 16.5. The molecule has 1 heteroatoms. The molecular weight excluding hydrogens is 160 g/mol. The van der Waals surface area contributed by atoms with Crippen molar-refractivity contribution < 1.29 is 4.74 Å². The normalized spacial score (nSPS) is 10.5. The molecule has 1 aromatic carbocycles. The highest BCUT2D eigenvalue weighted by Crippen LogP contribution is 2.21. The third-order valence-electron chi connectivity index (χ3n) is 2.81. The fraction of sp³-hybridized carbons (Fsp3) is 0.500. The Labute approximate surface area is 80.7 Å². The van der Waals surface area contributed by atoms with Gasteiger partial charge in [-0.25, -0.2) is 0 Å². The van der Waals surface area contributed by atoms with Gasteiger partial charge in [-0.2, -0.15) is 0 Å². The minimum atomic E-state index is 0.722. The fourth-order valence-electron chi connectivity index (χ4n) is 1.66. The van der Waals surface area contributed by atoms with Crippen LogP contribution < -0.4 is 0 Å². The summed E-state index contributed by atoms with van der Waals surface area (Å²) in [7, 11) is 1.75. The van der Waals surface area contributed by atoms with Crippen LogP contribution in [0, 0.1) is 27.7 Å². The van der Waals surface area contributed by atoms with Crippen LogP contribution in [0.4, 0.5) is 0 Å². The summed E-state index contributed by atoms with van der Waals surface area (Å²) in [6.07, 6.45) is 0. The molecule has 0 fully saturated rings. The van der Waals surface area contributed by atoms with E-state index in [4.69, 9.17) is 4.74 Å². The van der Waals surface area contributed by atoms with E-state index in [1.165, 1.54) is 27.8 Å². The lowest BCUT2D eigenvalue weighted by molar-refractivity contribution is 0.183. The number of benzene rings is 1. The molecule has 0 N–H and O–H groups in total. The predicted molar refractivity (Wildman–Crippen MR) is 56.1 cm³/mol. The molecule has 13 heavy (non-hydrogen) atoms. The van der Waals surface area contributed by atoms with Crippen molar-refractivity contribution >= 4 is 0 Å². The Hall–Kier alpha value is -0.820. The Bertz CT molecular complexity index is 287. The summed E-state index contributed by atoms with van der Waals surface area (Å²) in [4.78, 5) is 0. The number of rotatable bonds is 2. The average molecular weight is 178 g/mol. The predicted octanol–water partition coefficient (Wildman–Crippen LogP) is 3.07. The van der Waals surface area contributed by atoms with Gasteiger partial charge in [0.05, 0.1) is 6.61 Å². The van der Waals surface area contributed by atoms with Crippen molar-refractivity contribution in [1.29, 1.82) is 0 Å². The van der Waals surface area contributed by atoms with E-state index in [2.05, 4.69) is 33.8 Å². The van der Waals surface area contributed by atoms with Crippen LogP contribution in [0.25, 0.3) is 0 Å². The van der Waals surface area contributed by atoms with Crippen LogP contribution in [0.5, 0.6) is 0 Å². The van der Waals surface area contributed by atoms with Gasteiger partial charge in [0, 0.05) is 7.11 Å². The molecule has 1 rings (SSSR count). The monoisotopic (exact) mass is 178 g/mol. The molecule has 72 valence electrons. The van der Waals surface area contributed by atoms with Crippen molar-refractivity contribution in [3.8, 4) is 0 Å². The zero-order valence-corrected chi connectivity index (χ0v) is 9.19. The lowest BCUT2D eigenvalue weighted by Gasteiger charge is -2.14. The Morgan fingerprint density at radius 3 is 1.85 bits per heavy atom. The maximum Gasteiger partial charge on any atom is 0.0718 e. The van der Waals surface area contributed by atoms with Crippen molar-refractivity contribution in [2.75, 3.05) is 7.11 Å². The SMILES string of the molecule is COCc1c(C)c(C)cc(C)c1C. The van der Waals surface area contributed by atoms with Crippen molar-refractivity contribution in [3.05, 3.63) is 33.9 Å². The highest BCUT2D eigenvalue weighted by molar-refractivity contribution is 5.43. The molecule has 0 aliphatic heterocycles. The zero-order valence-electron chi connectivity index (χ0n) is 9.19. The molecule has 0 aromatic heterocycles. The van der Waals surface area contributed by atoms with Gasteiger partial charge in [-0.1, -0.05) is 6.07 Å². The first kappa shape index (κ1) is 10.3. The lowest BCUT2D eigenvalue weighted by Crippen LogP contribution is -2.00. The van der Waals surface area contributed by atoms with Gasteiger partial charge in [-0.15, -0.1) is 0 Å². The molecule has 0 spiro atoms. The Morgan fingerprint density at radius 2 is 1.46 bits per heavy atom. The minimum Gasteiger partial charge on any atom is -0.380 e. The molecule has 1 aromatic rings. The van der Waals surface area contributed by atoms with Gasteiger partial charge in [0.2, 0.25) is 0 Å². The molecule has 1 nitrogen and oxygen atoms in total. The van der Waals surface area contributed by atoms with E-state index in [1.54, 1.807) is 7.11 Å². The lowest BCUT2D eigenvalue weighted by atomic mass is 9.95. The Balaban J connectivity index is 3.28. The van der Waals surface area contributed by atoms with Gasteiger partial charge in [0.25, 0.3) is 0 Å². The highest BCUT2D eigenvalue weighted by Gasteiger charge is 2.07. The Morgan fingerprint density at radius 1 is 1.00 bits per heavy atom. The smallest absolute Gasteiger partial charge is 0.0718 e. The van der Waals surface area contributed by atoms with Crippen molar-refractivity contribution in [1.82, 2.24) is 0 Å². The molecule has 0 amide bonds. The van der Waals surface area contributed by atoms with E-state index in [9.17, 15) is 0 Å². The number of hydrogen-bond acceptors (Lipinski definition) is 1.